The average molecular weight is 386 g/mol. The molecule has 2 rings (SSSR count). The summed E-state index contributed by atoms with van der Waals surface area (Å²) in [6, 6.07) is 13.2. The first kappa shape index (κ1) is 19.8. The van der Waals surface area contributed by atoms with E-state index in [0.717, 1.165) is 0 Å². The lowest BCUT2D eigenvalue weighted by Gasteiger charge is -2.09. The van der Waals surface area contributed by atoms with Gasteiger partial charge in [-0.05, 0) is 42.0 Å². The maximum Gasteiger partial charge on any atom is 0.269 e. The average Bonchev–Trinajstić information content (AvgIpc) is 2.69. The first-order valence-electron chi connectivity index (χ1n) is 7.75. The molecule has 27 heavy (non-hydrogen) atoms. The second-order valence-corrected chi connectivity index (χ2v) is 5.58. The molecule has 2 amide bonds. The van der Waals surface area contributed by atoms with Crippen LogP contribution in [0.25, 0.3) is 6.08 Å². The van der Waals surface area contributed by atoms with E-state index in [9.17, 15) is 9.59 Å². The van der Waals surface area contributed by atoms with Crippen molar-refractivity contribution in [2.45, 2.75) is 0 Å². The Balaban J connectivity index is 1.94. The molecule has 0 bridgehead atoms. The molecule has 0 radical (unpaired) electrons. The molecular formula is C19H16ClN3O4. The van der Waals surface area contributed by atoms with Crippen LogP contribution in [0, 0.1) is 11.3 Å². The molecule has 0 fully saturated rings. The van der Waals surface area contributed by atoms with Crippen LogP contribution in [0.2, 0.25) is 5.02 Å². The van der Waals surface area contributed by atoms with Crippen molar-refractivity contribution in [3.63, 3.8) is 0 Å². The van der Waals surface area contributed by atoms with Gasteiger partial charge in [0, 0.05) is 16.7 Å². The highest BCUT2D eigenvalue weighted by Crippen LogP contribution is 2.28. The zero-order valence-corrected chi connectivity index (χ0v) is 15.1. The van der Waals surface area contributed by atoms with Gasteiger partial charge in [0.1, 0.15) is 6.07 Å². The minimum absolute atomic E-state index is 0.0969. The molecule has 0 saturated heterocycles. The van der Waals surface area contributed by atoms with E-state index in [1.54, 1.807) is 36.4 Å². The van der Waals surface area contributed by atoms with Gasteiger partial charge >= 0.3 is 0 Å². The van der Waals surface area contributed by atoms with Gasteiger partial charge in [-0.15, -0.1) is 0 Å². The first-order valence-corrected chi connectivity index (χ1v) is 8.13. The van der Waals surface area contributed by atoms with E-state index in [1.807, 2.05) is 6.07 Å². The Kier molecular flexibility index (Phi) is 7.23. The third kappa shape index (κ3) is 6.06. The number of benzene rings is 2. The van der Waals surface area contributed by atoms with Crippen LogP contribution in [0.3, 0.4) is 0 Å². The number of carbonyl (C=O) groups is 2. The number of carbonyl (C=O) groups excluding carboxylic acids is 2. The van der Waals surface area contributed by atoms with Crippen molar-refractivity contribution in [1.29, 1.82) is 5.26 Å². The molecule has 0 heterocycles. The van der Waals surface area contributed by atoms with Crippen molar-refractivity contribution in [3.8, 4) is 17.6 Å². The highest BCUT2D eigenvalue weighted by molar-refractivity contribution is 6.30. The summed E-state index contributed by atoms with van der Waals surface area (Å²) in [4.78, 5) is 23.8. The van der Waals surface area contributed by atoms with Crippen molar-refractivity contribution in [2.24, 2.45) is 0 Å². The number of ether oxygens (including phenoxy) is 2. The Morgan fingerprint density at radius 3 is 2.70 bits per heavy atom. The molecule has 0 aromatic heterocycles. The second kappa shape index (κ2) is 9.85. The normalized spacial score (nSPS) is 10.1. The molecule has 7 nitrogen and oxygen atoms in total. The van der Waals surface area contributed by atoms with Crippen LogP contribution in [0.1, 0.15) is 15.9 Å². The van der Waals surface area contributed by atoms with Crippen LogP contribution in [-0.2, 0) is 4.79 Å². The summed E-state index contributed by atoms with van der Waals surface area (Å²) in [5, 5.41) is 8.98. The Hall–Kier alpha value is -3.50. The number of halogens is 1. The Labute approximate surface area is 161 Å². The van der Waals surface area contributed by atoms with Gasteiger partial charge in [-0.3, -0.25) is 20.4 Å². The van der Waals surface area contributed by atoms with Gasteiger partial charge in [0.15, 0.2) is 18.1 Å². The number of nitrogens with one attached hydrogen (secondary N) is 2. The van der Waals surface area contributed by atoms with Crippen LogP contribution >= 0.6 is 11.6 Å². The SMILES string of the molecule is COc1cc(C=CC(=O)NNC(=O)c2cccc(Cl)c2)ccc1OCC#N. The van der Waals surface area contributed by atoms with Gasteiger partial charge in [-0.1, -0.05) is 23.7 Å². The fraction of sp³-hybridized carbons (Fsp3) is 0.105. The maximum absolute atomic E-state index is 11.9. The quantitative estimate of drug-likeness (QED) is 0.588. The molecule has 0 atom stereocenters. The molecule has 2 aromatic carbocycles. The van der Waals surface area contributed by atoms with Gasteiger partial charge < -0.3 is 9.47 Å². The molecule has 8 heteroatoms. The number of hydrogen-bond donors (Lipinski definition) is 2. The fourth-order valence-corrected chi connectivity index (χ4v) is 2.24. The summed E-state index contributed by atoms with van der Waals surface area (Å²) in [6.07, 6.45) is 2.79. The number of amides is 2. The van der Waals surface area contributed by atoms with E-state index in [0.29, 0.717) is 27.6 Å². The standard InChI is InChI=1S/C19H16ClN3O4/c1-26-17-11-13(5-7-16(17)27-10-9-21)6-8-18(24)22-23-19(25)14-3-2-4-15(20)12-14/h2-8,11-12H,10H2,1H3,(H,22,24)(H,23,25). The molecule has 0 saturated carbocycles. The van der Waals surface area contributed by atoms with E-state index in [4.69, 9.17) is 26.3 Å². The Bertz CT molecular complexity index is 906. The largest absolute Gasteiger partial charge is 0.493 e. The van der Waals surface area contributed by atoms with Gasteiger partial charge in [0.2, 0.25) is 0 Å². The summed E-state index contributed by atoms with van der Waals surface area (Å²) < 4.78 is 10.4. The minimum Gasteiger partial charge on any atom is -0.493 e. The maximum atomic E-state index is 11.9. The lowest BCUT2D eigenvalue weighted by Crippen LogP contribution is -2.40. The molecule has 2 N–H and O–H groups in total. The second-order valence-electron chi connectivity index (χ2n) is 5.14. The van der Waals surface area contributed by atoms with Gasteiger partial charge in [0.05, 0.1) is 7.11 Å². The molecule has 138 valence electrons. The van der Waals surface area contributed by atoms with E-state index < -0.39 is 11.8 Å². The molecule has 0 aliphatic rings. The zero-order chi connectivity index (χ0) is 19.6. The topological polar surface area (TPSA) is 100 Å². The van der Waals surface area contributed by atoms with Crippen LogP contribution in [0.15, 0.2) is 48.5 Å². The van der Waals surface area contributed by atoms with Crippen molar-refractivity contribution < 1.29 is 19.1 Å². The highest BCUT2D eigenvalue weighted by Gasteiger charge is 2.07. The van der Waals surface area contributed by atoms with Crippen molar-refractivity contribution in [1.82, 2.24) is 10.9 Å². The summed E-state index contributed by atoms with van der Waals surface area (Å²) in [7, 11) is 1.47. The van der Waals surface area contributed by atoms with E-state index in [2.05, 4.69) is 10.9 Å². The number of hydrazine groups is 1. The van der Waals surface area contributed by atoms with Crippen LogP contribution < -0.4 is 20.3 Å². The van der Waals surface area contributed by atoms with E-state index >= 15 is 0 Å². The first-order chi connectivity index (χ1) is 13.0. The van der Waals surface area contributed by atoms with Gasteiger partial charge in [-0.2, -0.15) is 5.26 Å². The molecular weight excluding hydrogens is 370 g/mol. The van der Waals surface area contributed by atoms with Crippen molar-refractivity contribution in [2.75, 3.05) is 13.7 Å². The summed E-state index contributed by atoms with van der Waals surface area (Å²) in [5.41, 5.74) is 5.57. The number of nitriles is 1. The number of hydrogen-bond acceptors (Lipinski definition) is 5. The monoisotopic (exact) mass is 385 g/mol. The molecule has 2 aromatic rings. The van der Waals surface area contributed by atoms with Crippen molar-refractivity contribution in [3.05, 3.63) is 64.7 Å². The smallest absolute Gasteiger partial charge is 0.269 e. The lowest BCUT2D eigenvalue weighted by atomic mass is 10.2. The summed E-state index contributed by atoms with van der Waals surface area (Å²) >= 11 is 5.82. The Morgan fingerprint density at radius 1 is 1.19 bits per heavy atom. The third-order valence-electron chi connectivity index (χ3n) is 3.29. The van der Waals surface area contributed by atoms with Crippen LogP contribution in [0.5, 0.6) is 11.5 Å². The molecule has 0 aliphatic carbocycles. The fourth-order valence-electron chi connectivity index (χ4n) is 2.05. The van der Waals surface area contributed by atoms with Crippen LogP contribution in [0.4, 0.5) is 0 Å². The van der Waals surface area contributed by atoms with E-state index in [-0.39, 0.29) is 6.61 Å². The van der Waals surface area contributed by atoms with Gasteiger partial charge in [-0.25, -0.2) is 0 Å². The summed E-state index contributed by atoms with van der Waals surface area (Å²) in [5.74, 6) is -0.148. The zero-order valence-electron chi connectivity index (χ0n) is 14.4. The predicted octanol–water partition coefficient (Wildman–Crippen LogP) is 2.73. The third-order valence-corrected chi connectivity index (χ3v) is 3.53. The molecule has 0 aliphatic heterocycles. The highest BCUT2D eigenvalue weighted by atomic mass is 35.5. The minimum atomic E-state index is -0.519. The van der Waals surface area contributed by atoms with Crippen molar-refractivity contribution >= 4 is 29.5 Å². The molecule has 0 spiro atoms. The Morgan fingerprint density at radius 2 is 2.00 bits per heavy atom. The molecule has 0 unspecified atom stereocenters. The van der Waals surface area contributed by atoms with Gasteiger partial charge in [0.25, 0.3) is 11.8 Å². The number of methoxy groups -OCH3 is 1. The lowest BCUT2D eigenvalue weighted by molar-refractivity contribution is -0.117. The predicted molar refractivity (Wildman–Crippen MR) is 100 cm³/mol. The van der Waals surface area contributed by atoms with E-state index in [1.165, 1.54) is 25.3 Å². The number of nitrogens with zero attached hydrogens (tertiary/aromatic N) is 1. The van der Waals surface area contributed by atoms with Crippen LogP contribution in [-0.4, -0.2) is 25.5 Å². The number of rotatable bonds is 6. The summed E-state index contributed by atoms with van der Waals surface area (Å²) in [6.45, 7) is -0.0969.